The molecule has 0 radical (unpaired) electrons. The molecular formula is C12H12BrFN2O2S2. The summed E-state index contributed by atoms with van der Waals surface area (Å²) >= 11 is 4.53. The Morgan fingerprint density at radius 2 is 1.95 bits per heavy atom. The number of benzene rings is 1. The first kappa shape index (κ1) is 15.4. The molecule has 0 unspecified atom stereocenters. The van der Waals surface area contributed by atoms with Gasteiger partial charge in [-0.3, -0.25) is 4.31 Å². The van der Waals surface area contributed by atoms with Crippen molar-refractivity contribution in [3.63, 3.8) is 0 Å². The molecule has 0 spiro atoms. The van der Waals surface area contributed by atoms with Crippen LogP contribution in [-0.4, -0.2) is 15.5 Å². The Morgan fingerprint density at radius 3 is 2.45 bits per heavy atom. The fraction of sp³-hybridized carbons (Fsp3) is 0.167. The molecule has 2 N–H and O–H groups in total. The van der Waals surface area contributed by atoms with Crippen LogP contribution < -0.4 is 10.0 Å². The highest BCUT2D eigenvalue weighted by Gasteiger charge is 2.26. The van der Waals surface area contributed by atoms with Crippen LogP contribution in [0.15, 0.2) is 39.0 Å². The number of hydrogen-bond acceptors (Lipinski definition) is 4. The van der Waals surface area contributed by atoms with Gasteiger partial charge in [0.15, 0.2) is 0 Å². The second-order valence-corrected chi connectivity index (χ2v) is 8.40. The summed E-state index contributed by atoms with van der Waals surface area (Å²) in [6, 6.07) is 6.81. The van der Waals surface area contributed by atoms with E-state index in [1.807, 2.05) is 0 Å². The molecule has 0 fully saturated rings. The van der Waals surface area contributed by atoms with Crippen LogP contribution >= 0.6 is 27.3 Å². The molecule has 1 aromatic heterocycles. The van der Waals surface area contributed by atoms with E-state index in [0.717, 1.165) is 9.18 Å². The van der Waals surface area contributed by atoms with Crippen molar-refractivity contribution >= 4 is 43.0 Å². The maximum absolute atomic E-state index is 12.9. The number of thiophene rings is 1. The van der Waals surface area contributed by atoms with Crippen LogP contribution in [-0.2, 0) is 16.6 Å². The lowest BCUT2D eigenvalue weighted by Crippen LogP contribution is -2.26. The third kappa shape index (κ3) is 2.88. The van der Waals surface area contributed by atoms with E-state index in [4.69, 9.17) is 5.73 Å². The first-order chi connectivity index (χ1) is 9.36. The third-order valence-corrected chi connectivity index (χ3v) is 6.80. The summed E-state index contributed by atoms with van der Waals surface area (Å²) in [5.41, 5.74) is 5.91. The van der Waals surface area contributed by atoms with Crippen LogP contribution in [0.5, 0.6) is 0 Å². The highest BCUT2D eigenvalue weighted by molar-refractivity contribution is 9.11. The molecule has 1 heterocycles. The largest absolute Gasteiger partial charge is 0.326 e. The van der Waals surface area contributed by atoms with Crippen LogP contribution in [0.1, 0.15) is 4.88 Å². The second-order valence-electron chi connectivity index (χ2n) is 4.00. The molecular weight excluding hydrogens is 367 g/mol. The lowest BCUT2D eigenvalue weighted by molar-refractivity contribution is 0.594. The Kier molecular flexibility index (Phi) is 4.48. The van der Waals surface area contributed by atoms with Gasteiger partial charge in [0.05, 0.1) is 9.47 Å². The standard InChI is InChI=1S/C12H12BrFN2O2S2/c1-16(9-4-2-8(14)3-5-9)20(17,18)11-6-10(7-15)19-12(11)13/h2-6H,7,15H2,1H3. The van der Waals surface area contributed by atoms with E-state index < -0.39 is 15.8 Å². The fourth-order valence-corrected chi connectivity index (χ4v) is 5.32. The van der Waals surface area contributed by atoms with E-state index in [2.05, 4.69) is 15.9 Å². The van der Waals surface area contributed by atoms with Crippen LogP contribution in [0.25, 0.3) is 0 Å². The van der Waals surface area contributed by atoms with Crippen molar-refractivity contribution in [3.05, 3.63) is 44.8 Å². The van der Waals surface area contributed by atoms with Crippen LogP contribution in [0.2, 0.25) is 0 Å². The molecule has 2 aromatic rings. The molecule has 0 atom stereocenters. The van der Waals surface area contributed by atoms with Gasteiger partial charge in [-0.1, -0.05) is 0 Å². The van der Waals surface area contributed by atoms with Gasteiger partial charge in [-0.25, -0.2) is 12.8 Å². The summed E-state index contributed by atoms with van der Waals surface area (Å²) < 4.78 is 39.6. The molecule has 0 aliphatic heterocycles. The maximum Gasteiger partial charge on any atom is 0.266 e. The summed E-state index contributed by atoms with van der Waals surface area (Å²) in [6.45, 7) is 0.277. The molecule has 20 heavy (non-hydrogen) atoms. The molecule has 108 valence electrons. The Labute approximate surface area is 129 Å². The van der Waals surface area contributed by atoms with Crippen molar-refractivity contribution in [1.82, 2.24) is 0 Å². The van der Waals surface area contributed by atoms with Crippen LogP contribution in [0, 0.1) is 5.82 Å². The summed E-state index contributed by atoms with van der Waals surface area (Å²) in [5.74, 6) is -0.415. The van der Waals surface area contributed by atoms with Crippen LogP contribution in [0.3, 0.4) is 0 Å². The van der Waals surface area contributed by atoms with Gasteiger partial charge in [0, 0.05) is 18.5 Å². The van der Waals surface area contributed by atoms with Gasteiger partial charge in [-0.2, -0.15) is 0 Å². The van der Waals surface area contributed by atoms with Gasteiger partial charge in [0.2, 0.25) is 0 Å². The first-order valence-electron chi connectivity index (χ1n) is 5.59. The number of sulfonamides is 1. The molecule has 0 bridgehead atoms. The predicted octanol–water partition coefficient (Wildman–Crippen LogP) is 2.93. The summed E-state index contributed by atoms with van der Waals surface area (Å²) in [6.07, 6.45) is 0. The molecule has 0 aliphatic carbocycles. The lowest BCUT2D eigenvalue weighted by Gasteiger charge is -2.19. The second kappa shape index (κ2) is 5.80. The predicted molar refractivity (Wildman–Crippen MR) is 81.9 cm³/mol. The Bertz CT molecular complexity index is 714. The summed E-state index contributed by atoms with van der Waals surface area (Å²) in [7, 11) is -2.28. The minimum atomic E-state index is -3.71. The molecule has 8 heteroatoms. The van der Waals surface area contributed by atoms with Crippen molar-refractivity contribution in [3.8, 4) is 0 Å². The highest BCUT2D eigenvalue weighted by atomic mass is 79.9. The summed E-state index contributed by atoms with van der Waals surface area (Å²) in [5, 5.41) is 0. The van der Waals surface area contributed by atoms with Gasteiger partial charge in [0.1, 0.15) is 10.7 Å². The highest BCUT2D eigenvalue weighted by Crippen LogP contribution is 2.34. The SMILES string of the molecule is CN(c1ccc(F)cc1)S(=O)(=O)c1cc(CN)sc1Br. The van der Waals surface area contributed by atoms with Crippen molar-refractivity contribution in [2.24, 2.45) is 5.73 Å². The van der Waals surface area contributed by atoms with Gasteiger partial charge in [0.25, 0.3) is 10.0 Å². The fourth-order valence-electron chi connectivity index (χ4n) is 1.61. The average Bonchev–Trinajstić information content (AvgIpc) is 2.81. The smallest absolute Gasteiger partial charge is 0.266 e. The first-order valence-corrected chi connectivity index (χ1v) is 8.64. The minimum absolute atomic E-state index is 0.162. The minimum Gasteiger partial charge on any atom is -0.326 e. The number of halogens is 2. The topological polar surface area (TPSA) is 63.4 Å². The molecule has 0 aliphatic rings. The van der Waals surface area contributed by atoms with E-state index in [-0.39, 0.29) is 11.4 Å². The van der Waals surface area contributed by atoms with E-state index in [1.54, 1.807) is 6.07 Å². The Morgan fingerprint density at radius 1 is 1.35 bits per heavy atom. The van der Waals surface area contributed by atoms with Crippen LogP contribution in [0.4, 0.5) is 10.1 Å². The number of hydrogen-bond donors (Lipinski definition) is 1. The molecule has 2 rings (SSSR count). The molecule has 0 amide bonds. The van der Waals surface area contributed by atoms with Gasteiger partial charge < -0.3 is 5.73 Å². The number of rotatable bonds is 4. The lowest BCUT2D eigenvalue weighted by atomic mass is 10.3. The zero-order chi connectivity index (χ0) is 14.9. The number of anilines is 1. The summed E-state index contributed by atoms with van der Waals surface area (Å²) in [4.78, 5) is 0.928. The maximum atomic E-state index is 12.9. The van der Waals surface area contributed by atoms with Gasteiger partial charge in [-0.15, -0.1) is 11.3 Å². The zero-order valence-corrected chi connectivity index (χ0v) is 13.7. The molecule has 0 saturated heterocycles. The normalized spacial score (nSPS) is 11.6. The van der Waals surface area contributed by atoms with E-state index in [9.17, 15) is 12.8 Å². The number of nitrogens with zero attached hydrogens (tertiary/aromatic N) is 1. The average molecular weight is 379 g/mol. The zero-order valence-electron chi connectivity index (χ0n) is 10.5. The van der Waals surface area contributed by atoms with Gasteiger partial charge >= 0.3 is 0 Å². The number of nitrogens with two attached hydrogens (primary N) is 1. The van der Waals surface area contributed by atoms with E-state index in [1.165, 1.54) is 42.6 Å². The van der Waals surface area contributed by atoms with E-state index >= 15 is 0 Å². The van der Waals surface area contributed by atoms with Crippen molar-refractivity contribution in [1.29, 1.82) is 0 Å². The molecule has 1 aromatic carbocycles. The van der Waals surface area contributed by atoms with Crippen molar-refractivity contribution in [2.45, 2.75) is 11.4 Å². The third-order valence-electron chi connectivity index (χ3n) is 2.74. The molecule has 4 nitrogen and oxygen atoms in total. The van der Waals surface area contributed by atoms with Crippen molar-refractivity contribution in [2.75, 3.05) is 11.4 Å². The quantitative estimate of drug-likeness (QED) is 0.889. The van der Waals surface area contributed by atoms with Gasteiger partial charge in [-0.05, 0) is 46.3 Å². The Balaban J connectivity index is 2.43. The monoisotopic (exact) mass is 378 g/mol. The van der Waals surface area contributed by atoms with Crippen molar-refractivity contribution < 1.29 is 12.8 Å². The van der Waals surface area contributed by atoms with E-state index in [0.29, 0.717) is 9.47 Å². The Hall–Kier alpha value is -0.960. The molecule has 0 saturated carbocycles.